The van der Waals surface area contributed by atoms with E-state index in [4.69, 9.17) is 22.1 Å². The Kier molecular flexibility index (Phi) is 5.58. The molecule has 2 aromatic heterocycles. The molecule has 0 fully saturated rings. The smallest absolute Gasteiger partial charge is 0.338 e. The van der Waals surface area contributed by atoms with Gasteiger partial charge >= 0.3 is 5.97 Å². The normalized spacial score (nSPS) is 11.4. The molecular formula is C20H19ClFN3O2. The van der Waals surface area contributed by atoms with E-state index in [9.17, 15) is 9.18 Å². The molecule has 0 bridgehead atoms. The zero-order valence-electron chi connectivity index (χ0n) is 15.0. The van der Waals surface area contributed by atoms with Crippen molar-refractivity contribution in [2.75, 3.05) is 13.7 Å². The minimum absolute atomic E-state index is 0.0629. The molecular weight excluding hydrogens is 369 g/mol. The zero-order valence-corrected chi connectivity index (χ0v) is 15.8. The Morgan fingerprint density at radius 3 is 2.85 bits per heavy atom. The van der Waals surface area contributed by atoms with Gasteiger partial charge in [-0.1, -0.05) is 23.7 Å². The first kappa shape index (κ1) is 19.1. The third kappa shape index (κ3) is 3.59. The van der Waals surface area contributed by atoms with Crippen molar-refractivity contribution in [2.24, 2.45) is 5.73 Å². The monoisotopic (exact) mass is 387 g/mol. The van der Waals surface area contributed by atoms with E-state index in [2.05, 4.69) is 4.98 Å². The maximum Gasteiger partial charge on any atom is 0.338 e. The van der Waals surface area contributed by atoms with Crippen molar-refractivity contribution in [1.29, 1.82) is 0 Å². The van der Waals surface area contributed by atoms with Gasteiger partial charge in [0.05, 0.1) is 29.1 Å². The fraction of sp³-hybridized carbons (Fsp3) is 0.200. The molecule has 0 spiro atoms. The van der Waals surface area contributed by atoms with Crippen molar-refractivity contribution in [3.63, 3.8) is 0 Å². The predicted octanol–water partition coefficient (Wildman–Crippen LogP) is 3.89. The van der Waals surface area contributed by atoms with Gasteiger partial charge in [-0.05, 0) is 37.8 Å². The van der Waals surface area contributed by atoms with Crippen LogP contribution in [-0.2, 0) is 11.2 Å². The largest absolute Gasteiger partial charge is 0.465 e. The van der Waals surface area contributed by atoms with Crippen LogP contribution in [0.5, 0.6) is 0 Å². The molecule has 3 aromatic rings. The number of nitrogens with zero attached hydrogens (tertiary/aromatic N) is 2. The quantitative estimate of drug-likeness (QED) is 0.674. The summed E-state index contributed by atoms with van der Waals surface area (Å²) in [4.78, 5) is 16.6. The molecule has 0 radical (unpaired) electrons. The van der Waals surface area contributed by atoms with Gasteiger partial charge in [0, 0.05) is 23.7 Å². The number of carbonyl (C=O) groups excluding carboxylic acids is 1. The number of imidazole rings is 1. The van der Waals surface area contributed by atoms with Gasteiger partial charge in [0.1, 0.15) is 11.5 Å². The van der Waals surface area contributed by atoms with E-state index in [-0.39, 0.29) is 5.02 Å². The van der Waals surface area contributed by atoms with Crippen molar-refractivity contribution >= 4 is 35.4 Å². The third-order valence-corrected chi connectivity index (χ3v) is 4.65. The van der Waals surface area contributed by atoms with Gasteiger partial charge in [-0.15, -0.1) is 0 Å². The lowest BCUT2D eigenvalue weighted by Crippen LogP contribution is -2.08. The molecule has 27 heavy (non-hydrogen) atoms. The van der Waals surface area contributed by atoms with Gasteiger partial charge in [0.2, 0.25) is 0 Å². The summed E-state index contributed by atoms with van der Waals surface area (Å²) in [5, 5.41) is 0.0629. The molecule has 2 heterocycles. The van der Waals surface area contributed by atoms with Gasteiger partial charge in [0.25, 0.3) is 0 Å². The molecule has 3 rings (SSSR count). The lowest BCUT2D eigenvalue weighted by Gasteiger charge is -2.07. The Morgan fingerprint density at radius 2 is 2.15 bits per heavy atom. The number of fused-ring (bicyclic) bond motifs is 1. The van der Waals surface area contributed by atoms with Crippen LogP contribution in [0, 0.1) is 12.7 Å². The summed E-state index contributed by atoms with van der Waals surface area (Å²) in [6, 6.07) is 6.51. The van der Waals surface area contributed by atoms with Crippen LogP contribution in [0.3, 0.4) is 0 Å². The fourth-order valence-electron chi connectivity index (χ4n) is 2.97. The van der Waals surface area contributed by atoms with Crippen LogP contribution >= 0.6 is 11.6 Å². The molecule has 0 aliphatic heterocycles. The van der Waals surface area contributed by atoms with Gasteiger partial charge in [-0.25, -0.2) is 14.2 Å². The number of hydrogen-bond acceptors (Lipinski definition) is 4. The average Bonchev–Trinajstić information content (AvgIpc) is 3.01. The topological polar surface area (TPSA) is 69.6 Å². The first-order valence-electron chi connectivity index (χ1n) is 8.39. The van der Waals surface area contributed by atoms with E-state index in [0.29, 0.717) is 41.0 Å². The Labute approximate surface area is 161 Å². The maximum atomic E-state index is 14.1. The Bertz CT molecular complexity index is 1040. The van der Waals surface area contributed by atoms with Crippen molar-refractivity contribution in [3.8, 4) is 0 Å². The summed E-state index contributed by atoms with van der Waals surface area (Å²) >= 11 is 5.83. The van der Waals surface area contributed by atoms with Crippen LogP contribution in [0.1, 0.15) is 32.9 Å². The Morgan fingerprint density at radius 1 is 1.37 bits per heavy atom. The number of carbonyl (C=O) groups is 1. The highest BCUT2D eigenvalue weighted by Crippen LogP contribution is 2.23. The van der Waals surface area contributed by atoms with Crippen LogP contribution in [-0.4, -0.2) is 29.0 Å². The van der Waals surface area contributed by atoms with Gasteiger partial charge in [0.15, 0.2) is 0 Å². The van der Waals surface area contributed by atoms with Crippen LogP contribution in [0.15, 0.2) is 30.5 Å². The average molecular weight is 388 g/mol. The molecule has 0 saturated heterocycles. The number of halogens is 2. The summed E-state index contributed by atoms with van der Waals surface area (Å²) in [5.74, 6) is -0.903. The molecule has 0 atom stereocenters. The van der Waals surface area contributed by atoms with Crippen LogP contribution in [0.25, 0.3) is 17.8 Å². The Balaban J connectivity index is 2.13. The second-order valence-corrected chi connectivity index (χ2v) is 6.41. The van der Waals surface area contributed by atoms with E-state index < -0.39 is 11.8 Å². The molecule has 0 unspecified atom stereocenters. The summed E-state index contributed by atoms with van der Waals surface area (Å²) in [5.41, 5.74) is 9.44. The SMILES string of the molecule is COC(=O)c1ccn2c(CCN)c(/C=C/c3cccc(Cl)c3F)nc2c1C. The van der Waals surface area contributed by atoms with E-state index in [1.165, 1.54) is 13.2 Å². The number of benzene rings is 1. The van der Waals surface area contributed by atoms with Crippen LogP contribution in [0.4, 0.5) is 4.39 Å². The van der Waals surface area contributed by atoms with Gasteiger partial charge < -0.3 is 14.9 Å². The Hall–Kier alpha value is -2.70. The van der Waals surface area contributed by atoms with Gasteiger partial charge in [-0.2, -0.15) is 0 Å². The lowest BCUT2D eigenvalue weighted by atomic mass is 10.1. The van der Waals surface area contributed by atoms with Crippen LogP contribution in [0.2, 0.25) is 5.02 Å². The number of hydrogen-bond donors (Lipinski definition) is 1. The molecule has 0 aliphatic carbocycles. The molecule has 7 heteroatoms. The number of rotatable bonds is 5. The number of ether oxygens (including phenoxy) is 1. The van der Waals surface area contributed by atoms with E-state index >= 15 is 0 Å². The standard InChI is InChI=1S/C20H19ClFN3O2/c1-12-14(20(26)27-2)9-11-25-17(8-10-23)16(24-19(12)25)7-6-13-4-3-5-15(21)18(13)22/h3-7,9,11H,8,10,23H2,1-2H3/b7-6+. The van der Waals surface area contributed by atoms with E-state index in [1.807, 2.05) is 11.3 Å². The highest BCUT2D eigenvalue weighted by Gasteiger charge is 2.17. The summed E-state index contributed by atoms with van der Waals surface area (Å²) in [6.45, 7) is 2.24. The molecule has 0 aliphatic rings. The molecule has 0 saturated carbocycles. The number of methoxy groups -OCH3 is 1. The molecule has 0 amide bonds. The predicted molar refractivity (Wildman–Crippen MR) is 104 cm³/mol. The van der Waals surface area contributed by atoms with E-state index in [0.717, 1.165) is 5.69 Å². The van der Waals surface area contributed by atoms with Crippen molar-refractivity contribution in [3.05, 3.63) is 69.4 Å². The maximum absolute atomic E-state index is 14.1. The second-order valence-electron chi connectivity index (χ2n) is 6.00. The highest BCUT2D eigenvalue weighted by molar-refractivity contribution is 6.30. The van der Waals surface area contributed by atoms with Gasteiger partial charge in [-0.3, -0.25) is 0 Å². The summed E-state index contributed by atoms with van der Waals surface area (Å²) in [7, 11) is 1.34. The van der Waals surface area contributed by atoms with Crippen molar-refractivity contribution in [1.82, 2.24) is 9.38 Å². The first-order chi connectivity index (χ1) is 13.0. The minimum atomic E-state index is -0.483. The lowest BCUT2D eigenvalue weighted by molar-refractivity contribution is 0.0600. The minimum Gasteiger partial charge on any atom is -0.465 e. The zero-order chi connectivity index (χ0) is 19.6. The number of aromatic nitrogens is 2. The number of esters is 1. The number of nitrogens with two attached hydrogens (primary N) is 1. The molecule has 2 N–H and O–H groups in total. The number of aryl methyl sites for hydroxylation is 1. The molecule has 140 valence electrons. The van der Waals surface area contributed by atoms with Crippen LogP contribution < -0.4 is 5.73 Å². The third-order valence-electron chi connectivity index (χ3n) is 4.36. The van der Waals surface area contributed by atoms with Crippen molar-refractivity contribution < 1.29 is 13.9 Å². The van der Waals surface area contributed by atoms with E-state index in [1.54, 1.807) is 36.5 Å². The molecule has 1 aromatic carbocycles. The second kappa shape index (κ2) is 7.90. The highest BCUT2D eigenvalue weighted by atomic mass is 35.5. The van der Waals surface area contributed by atoms with Crippen molar-refractivity contribution in [2.45, 2.75) is 13.3 Å². The fourth-order valence-corrected chi connectivity index (χ4v) is 3.15. The molecule has 5 nitrogen and oxygen atoms in total. The first-order valence-corrected chi connectivity index (χ1v) is 8.76. The number of pyridine rings is 1. The summed E-state index contributed by atoms with van der Waals surface area (Å²) < 4.78 is 20.8. The summed E-state index contributed by atoms with van der Waals surface area (Å²) in [6.07, 6.45) is 5.70.